The molecule has 0 saturated carbocycles. The van der Waals surface area contributed by atoms with Gasteiger partial charge >= 0.3 is 5.97 Å². The Morgan fingerprint density at radius 3 is 2.40 bits per heavy atom. The predicted molar refractivity (Wildman–Crippen MR) is 160 cm³/mol. The zero-order valence-electron chi connectivity index (χ0n) is 24.6. The van der Waals surface area contributed by atoms with E-state index in [1.807, 2.05) is 25.1 Å². The van der Waals surface area contributed by atoms with Crippen LogP contribution in [0.5, 0.6) is 28.7 Å². The molecule has 0 bridgehead atoms. The molecule has 1 unspecified atom stereocenters. The van der Waals surface area contributed by atoms with Gasteiger partial charge in [0, 0.05) is 11.6 Å². The van der Waals surface area contributed by atoms with E-state index in [0.29, 0.717) is 59.9 Å². The van der Waals surface area contributed by atoms with Crippen molar-refractivity contribution in [2.24, 2.45) is 11.7 Å². The lowest BCUT2D eigenvalue weighted by Crippen LogP contribution is -2.21. The minimum atomic E-state index is -0.516. The average molecular weight is 571 g/mol. The Morgan fingerprint density at radius 1 is 0.952 bits per heavy atom. The van der Waals surface area contributed by atoms with Crippen LogP contribution >= 0.6 is 0 Å². The highest BCUT2D eigenvalue weighted by Crippen LogP contribution is 2.45. The molecule has 1 aliphatic rings. The van der Waals surface area contributed by atoms with E-state index < -0.39 is 11.9 Å². The van der Waals surface area contributed by atoms with Crippen LogP contribution in [0, 0.1) is 17.2 Å². The van der Waals surface area contributed by atoms with E-state index in [1.165, 1.54) is 0 Å². The molecule has 8 heteroatoms. The first-order valence-electron chi connectivity index (χ1n) is 14.4. The Bertz CT molecular complexity index is 1460. The summed E-state index contributed by atoms with van der Waals surface area (Å²) in [4.78, 5) is 12.8. The van der Waals surface area contributed by atoms with Gasteiger partial charge in [0.2, 0.25) is 5.88 Å². The number of hydrogen-bond acceptors (Lipinski definition) is 8. The molecule has 8 nitrogen and oxygen atoms in total. The number of ether oxygens (including phenoxy) is 5. The fourth-order valence-electron chi connectivity index (χ4n) is 4.53. The van der Waals surface area contributed by atoms with E-state index in [1.54, 1.807) is 42.5 Å². The molecule has 3 aromatic rings. The average Bonchev–Trinajstić information content (AvgIpc) is 2.97. The van der Waals surface area contributed by atoms with Crippen LogP contribution in [-0.2, 0) is 0 Å². The monoisotopic (exact) mass is 570 g/mol. The first-order valence-corrected chi connectivity index (χ1v) is 14.4. The van der Waals surface area contributed by atoms with Gasteiger partial charge < -0.3 is 29.4 Å². The molecule has 0 saturated heterocycles. The lowest BCUT2D eigenvalue weighted by molar-refractivity contribution is 0.0734. The molecule has 2 N–H and O–H groups in total. The van der Waals surface area contributed by atoms with Crippen molar-refractivity contribution in [3.8, 4) is 34.8 Å². The summed E-state index contributed by atoms with van der Waals surface area (Å²) in [6.45, 7) is 9.96. The number of esters is 1. The van der Waals surface area contributed by atoms with Crippen LogP contribution < -0.4 is 29.4 Å². The fourth-order valence-corrected chi connectivity index (χ4v) is 4.53. The van der Waals surface area contributed by atoms with Crippen LogP contribution in [0.4, 0.5) is 0 Å². The Morgan fingerprint density at radius 2 is 1.71 bits per heavy atom. The molecule has 220 valence electrons. The molecular weight excluding hydrogens is 532 g/mol. The van der Waals surface area contributed by atoms with E-state index in [2.05, 4.69) is 26.8 Å². The lowest BCUT2D eigenvalue weighted by Gasteiger charge is -2.27. The Balaban J connectivity index is 1.57. The molecule has 0 aromatic heterocycles. The Kier molecular flexibility index (Phi) is 10.3. The van der Waals surface area contributed by atoms with Crippen LogP contribution in [0.25, 0.3) is 0 Å². The summed E-state index contributed by atoms with van der Waals surface area (Å²) in [5, 5.41) is 9.99. The van der Waals surface area contributed by atoms with Crippen molar-refractivity contribution in [1.82, 2.24) is 0 Å². The second kappa shape index (κ2) is 14.3. The van der Waals surface area contributed by atoms with Crippen molar-refractivity contribution in [2.75, 3.05) is 19.8 Å². The van der Waals surface area contributed by atoms with Crippen molar-refractivity contribution in [2.45, 2.75) is 52.9 Å². The number of rotatable bonds is 13. The number of hydrogen-bond donors (Lipinski definition) is 1. The van der Waals surface area contributed by atoms with Gasteiger partial charge in [-0.05, 0) is 73.7 Å². The third-order valence-electron chi connectivity index (χ3n) is 6.81. The number of nitriles is 1. The van der Waals surface area contributed by atoms with Crippen molar-refractivity contribution in [3.63, 3.8) is 0 Å². The van der Waals surface area contributed by atoms with Crippen LogP contribution in [0.15, 0.2) is 72.1 Å². The van der Waals surface area contributed by atoms with Gasteiger partial charge in [-0.15, -0.1) is 0 Å². The van der Waals surface area contributed by atoms with Crippen LogP contribution in [0.3, 0.4) is 0 Å². The zero-order chi connectivity index (χ0) is 30.1. The minimum Gasteiger partial charge on any atom is -0.494 e. The maximum absolute atomic E-state index is 12.8. The van der Waals surface area contributed by atoms with Crippen LogP contribution in [0.2, 0.25) is 0 Å². The van der Waals surface area contributed by atoms with Crippen LogP contribution in [-0.4, -0.2) is 25.8 Å². The van der Waals surface area contributed by atoms with E-state index >= 15 is 0 Å². The van der Waals surface area contributed by atoms with Gasteiger partial charge in [0.25, 0.3) is 0 Å². The van der Waals surface area contributed by atoms with Gasteiger partial charge in [-0.3, -0.25) is 0 Å². The summed E-state index contributed by atoms with van der Waals surface area (Å²) in [5.41, 5.74) is 8.39. The molecule has 0 spiro atoms. The number of allylic oxidation sites excluding steroid dienone is 1. The van der Waals surface area contributed by atoms with Crippen molar-refractivity contribution < 1.29 is 28.5 Å². The third kappa shape index (κ3) is 7.35. The van der Waals surface area contributed by atoms with Gasteiger partial charge in [0.15, 0.2) is 11.5 Å². The number of nitrogens with zero attached hydrogens (tertiary/aromatic N) is 1. The smallest absolute Gasteiger partial charge is 0.343 e. The molecule has 0 aliphatic carbocycles. The minimum absolute atomic E-state index is 0.00708. The Hall–Kier alpha value is -4.64. The van der Waals surface area contributed by atoms with Gasteiger partial charge in [-0.25, -0.2) is 4.79 Å². The third-order valence-corrected chi connectivity index (χ3v) is 6.81. The summed E-state index contributed by atoms with van der Waals surface area (Å²) >= 11 is 0. The van der Waals surface area contributed by atoms with E-state index in [0.717, 1.165) is 24.8 Å². The standard InChI is InChI=1S/C34H38N2O6/c1-5-7-17-39-25-11-8-23(9-12-25)34(37)41-26-13-14-27-30(20-26)42-33(36)28(21-35)32(27)24-10-15-29(31(19-24)38-6-2)40-18-16-22(3)4/h8-15,19-20,22,32H,5-7,16-18,36H2,1-4H3. The molecular formula is C34H38N2O6. The summed E-state index contributed by atoms with van der Waals surface area (Å²) in [6.07, 6.45) is 2.93. The van der Waals surface area contributed by atoms with E-state index in [4.69, 9.17) is 29.4 Å². The van der Waals surface area contributed by atoms with Gasteiger partial charge in [0.05, 0.1) is 31.3 Å². The zero-order valence-corrected chi connectivity index (χ0v) is 24.6. The summed E-state index contributed by atoms with van der Waals surface area (Å²) in [7, 11) is 0. The molecule has 1 heterocycles. The number of carbonyl (C=O) groups excluding carboxylic acids is 1. The summed E-state index contributed by atoms with van der Waals surface area (Å²) in [6, 6.07) is 19.7. The number of benzene rings is 3. The number of nitrogens with two attached hydrogens (primary N) is 1. The highest BCUT2D eigenvalue weighted by molar-refractivity contribution is 5.91. The second-order valence-electron chi connectivity index (χ2n) is 10.4. The number of unbranched alkanes of at least 4 members (excludes halogenated alkanes) is 1. The van der Waals surface area contributed by atoms with Crippen LogP contribution in [0.1, 0.15) is 74.4 Å². The Labute approximate surface area is 247 Å². The largest absolute Gasteiger partial charge is 0.494 e. The molecule has 0 amide bonds. The fraction of sp³-hybridized carbons (Fsp3) is 0.353. The summed E-state index contributed by atoms with van der Waals surface area (Å²) < 4.78 is 29.0. The van der Waals surface area contributed by atoms with Crippen molar-refractivity contribution in [3.05, 3.63) is 88.8 Å². The SMILES string of the molecule is CCCCOc1ccc(C(=O)Oc2ccc3c(c2)OC(N)=C(C#N)C3c2ccc(OCCC(C)C)c(OCC)c2)cc1. The lowest BCUT2D eigenvalue weighted by atomic mass is 9.83. The molecule has 3 aromatic carbocycles. The quantitative estimate of drug-likeness (QED) is 0.131. The van der Waals surface area contributed by atoms with Gasteiger partial charge in [0.1, 0.15) is 28.9 Å². The second-order valence-corrected chi connectivity index (χ2v) is 10.4. The first-order chi connectivity index (χ1) is 20.3. The number of fused-ring (bicyclic) bond motifs is 1. The predicted octanol–water partition coefficient (Wildman–Crippen LogP) is 7.13. The maximum Gasteiger partial charge on any atom is 0.343 e. The molecule has 1 atom stereocenters. The highest BCUT2D eigenvalue weighted by atomic mass is 16.5. The topological polar surface area (TPSA) is 113 Å². The molecule has 1 aliphatic heterocycles. The number of carbonyl (C=O) groups is 1. The van der Waals surface area contributed by atoms with Crippen molar-refractivity contribution >= 4 is 5.97 Å². The molecule has 42 heavy (non-hydrogen) atoms. The molecule has 0 fully saturated rings. The van der Waals surface area contributed by atoms with E-state index in [9.17, 15) is 10.1 Å². The molecule has 4 rings (SSSR count). The first kappa shape index (κ1) is 30.3. The molecule has 0 radical (unpaired) electrons. The summed E-state index contributed by atoms with van der Waals surface area (Å²) in [5.74, 6) is 2.12. The van der Waals surface area contributed by atoms with Gasteiger partial charge in [-0.1, -0.05) is 39.3 Å². The van der Waals surface area contributed by atoms with Gasteiger partial charge in [-0.2, -0.15) is 5.26 Å². The normalized spacial score (nSPS) is 14.0. The maximum atomic E-state index is 12.8. The highest BCUT2D eigenvalue weighted by Gasteiger charge is 2.32. The van der Waals surface area contributed by atoms with E-state index in [-0.39, 0.29) is 17.2 Å². The van der Waals surface area contributed by atoms with Crippen molar-refractivity contribution in [1.29, 1.82) is 5.26 Å².